The van der Waals surface area contributed by atoms with Crippen molar-refractivity contribution < 1.29 is 30.1 Å². The maximum absolute atomic E-state index is 11.5. The van der Waals surface area contributed by atoms with Gasteiger partial charge in [-0.2, -0.15) is 4.21 Å². The molecule has 80 valence electrons. The van der Waals surface area contributed by atoms with Gasteiger partial charge in [0.15, 0.2) is 0 Å². The zero-order chi connectivity index (χ0) is 10.3. The van der Waals surface area contributed by atoms with Crippen LogP contribution in [0.3, 0.4) is 0 Å². The Balaban J connectivity index is 3.30. The highest BCUT2D eigenvalue weighted by Gasteiger charge is 2.09. The van der Waals surface area contributed by atoms with E-state index in [1.54, 1.807) is 0 Å². The van der Waals surface area contributed by atoms with Crippen LogP contribution in [0.2, 0.25) is 0 Å². The molecule has 0 fully saturated rings. The number of halogens is 4. The van der Waals surface area contributed by atoms with E-state index in [2.05, 4.69) is 8.37 Å². The molecule has 0 amide bonds. The van der Waals surface area contributed by atoms with Crippen LogP contribution in [0, 0.1) is 0 Å². The van der Waals surface area contributed by atoms with Crippen molar-refractivity contribution in [2.24, 2.45) is 0 Å². The van der Waals surface area contributed by atoms with Crippen LogP contribution in [0.5, 0.6) is 0 Å². The number of alkyl halides is 4. The van der Waals surface area contributed by atoms with Crippen LogP contribution in [0.25, 0.3) is 0 Å². The van der Waals surface area contributed by atoms with Gasteiger partial charge in [0.2, 0.25) is 6.43 Å². The summed E-state index contributed by atoms with van der Waals surface area (Å²) in [5, 5.41) is 0. The smallest absolute Gasteiger partial charge is 0.268 e. The third-order valence-electron chi connectivity index (χ3n) is 0.806. The summed E-state index contributed by atoms with van der Waals surface area (Å²) in [6, 6.07) is 0. The van der Waals surface area contributed by atoms with Crippen molar-refractivity contribution in [3.05, 3.63) is 0 Å². The maximum atomic E-state index is 11.5. The predicted molar refractivity (Wildman–Crippen MR) is 36.7 cm³/mol. The SMILES string of the molecule is O=S(OCCC(F)F)OCC(F)F. The highest BCUT2D eigenvalue weighted by Crippen LogP contribution is 2.01. The molecule has 0 aliphatic rings. The third-order valence-corrected chi connectivity index (χ3v) is 1.49. The van der Waals surface area contributed by atoms with Gasteiger partial charge in [-0.1, -0.05) is 0 Å². The normalized spacial score (nSPS) is 14.0. The molecule has 0 bridgehead atoms. The molecular weight excluding hydrogens is 216 g/mol. The quantitative estimate of drug-likeness (QED) is 0.615. The molecule has 0 aliphatic heterocycles. The van der Waals surface area contributed by atoms with Crippen molar-refractivity contribution in [3.8, 4) is 0 Å². The van der Waals surface area contributed by atoms with Gasteiger partial charge in [-0.25, -0.2) is 17.6 Å². The van der Waals surface area contributed by atoms with Crippen LogP contribution in [0.15, 0.2) is 0 Å². The molecule has 0 saturated heterocycles. The first kappa shape index (κ1) is 12.8. The summed E-state index contributed by atoms with van der Waals surface area (Å²) in [4.78, 5) is 0. The monoisotopic (exact) mass is 224 g/mol. The Morgan fingerprint density at radius 1 is 1.08 bits per heavy atom. The van der Waals surface area contributed by atoms with Gasteiger partial charge in [0.25, 0.3) is 6.43 Å². The lowest BCUT2D eigenvalue weighted by atomic mass is 10.5. The van der Waals surface area contributed by atoms with E-state index in [9.17, 15) is 21.8 Å². The minimum absolute atomic E-state index is 0.493. The lowest BCUT2D eigenvalue weighted by Crippen LogP contribution is -2.10. The molecule has 0 N–H and O–H groups in total. The van der Waals surface area contributed by atoms with Gasteiger partial charge >= 0.3 is 11.4 Å². The Hall–Kier alpha value is -0.210. The van der Waals surface area contributed by atoms with Crippen LogP contribution >= 0.6 is 0 Å². The van der Waals surface area contributed by atoms with Crippen LogP contribution in [0.4, 0.5) is 17.6 Å². The van der Waals surface area contributed by atoms with Gasteiger partial charge in [-0.05, 0) is 0 Å². The van der Waals surface area contributed by atoms with E-state index in [0.717, 1.165) is 0 Å². The van der Waals surface area contributed by atoms with E-state index in [-0.39, 0.29) is 0 Å². The summed E-state index contributed by atoms with van der Waals surface area (Å²) in [5.74, 6) is 0. The highest BCUT2D eigenvalue weighted by molar-refractivity contribution is 7.75. The van der Waals surface area contributed by atoms with E-state index in [0.29, 0.717) is 0 Å². The lowest BCUT2D eigenvalue weighted by Gasteiger charge is -2.02. The van der Waals surface area contributed by atoms with Gasteiger partial charge in [-0.3, -0.25) is 8.37 Å². The molecule has 13 heavy (non-hydrogen) atoms. The second-order valence-electron chi connectivity index (χ2n) is 1.88. The van der Waals surface area contributed by atoms with Crippen molar-refractivity contribution in [2.75, 3.05) is 13.2 Å². The average Bonchev–Trinajstić information content (AvgIpc) is 2.00. The fourth-order valence-corrected chi connectivity index (χ4v) is 0.861. The van der Waals surface area contributed by atoms with Crippen molar-refractivity contribution in [2.45, 2.75) is 19.3 Å². The molecule has 0 spiro atoms. The van der Waals surface area contributed by atoms with Crippen molar-refractivity contribution in [1.82, 2.24) is 0 Å². The number of rotatable bonds is 7. The van der Waals surface area contributed by atoms with Crippen LogP contribution in [0.1, 0.15) is 6.42 Å². The first-order valence-corrected chi connectivity index (χ1v) is 4.27. The van der Waals surface area contributed by atoms with Crippen LogP contribution in [-0.4, -0.2) is 30.3 Å². The molecule has 1 unspecified atom stereocenters. The van der Waals surface area contributed by atoms with Gasteiger partial charge < -0.3 is 0 Å². The molecule has 0 saturated carbocycles. The summed E-state index contributed by atoms with van der Waals surface area (Å²) in [5.41, 5.74) is 0. The van der Waals surface area contributed by atoms with Gasteiger partial charge in [0.1, 0.15) is 6.61 Å². The van der Waals surface area contributed by atoms with Gasteiger partial charge in [0, 0.05) is 6.42 Å². The molecule has 0 rings (SSSR count). The van der Waals surface area contributed by atoms with Gasteiger partial charge in [-0.15, -0.1) is 0 Å². The second-order valence-corrected chi connectivity index (χ2v) is 2.76. The third kappa shape index (κ3) is 9.71. The fraction of sp³-hybridized carbons (Fsp3) is 1.00. The Morgan fingerprint density at radius 2 is 1.69 bits per heavy atom. The van der Waals surface area contributed by atoms with E-state index in [4.69, 9.17) is 0 Å². The van der Waals surface area contributed by atoms with Crippen molar-refractivity contribution >= 4 is 11.4 Å². The minimum Gasteiger partial charge on any atom is -0.268 e. The highest BCUT2D eigenvalue weighted by atomic mass is 32.2. The lowest BCUT2D eigenvalue weighted by molar-refractivity contribution is 0.0754. The van der Waals surface area contributed by atoms with Gasteiger partial charge in [0.05, 0.1) is 6.61 Å². The molecule has 0 heterocycles. The summed E-state index contributed by atoms with van der Waals surface area (Å²) in [6.07, 6.45) is -5.95. The Labute approximate surface area is 74.9 Å². The molecule has 1 atom stereocenters. The molecule has 0 aromatic rings. The predicted octanol–water partition coefficient (Wildman–Crippen LogP) is 1.52. The van der Waals surface area contributed by atoms with Crippen molar-refractivity contribution in [3.63, 3.8) is 0 Å². The molecule has 0 radical (unpaired) electrons. The van der Waals surface area contributed by atoms with E-state index < -0.39 is 43.8 Å². The van der Waals surface area contributed by atoms with Crippen LogP contribution in [-0.2, 0) is 19.7 Å². The Bertz CT molecular complexity index is 155. The topological polar surface area (TPSA) is 35.5 Å². The molecule has 0 aromatic heterocycles. The zero-order valence-corrected chi connectivity index (χ0v) is 7.24. The second kappa shape index (κ2) is 7.22. The summed E-state index contributed by atoms with van der Waals surface area (Å²) < 4.78 is 64.2. The summed E-state index contributed by atoms with van der Waals surface area (Å²) >= 11 is -2.37. The molecule has 8 heteroatoms. The maximum Gasteiger partial charge on any atom is 0.304 e. The Kier molecular flexibility index (Phi) is 7.10. The summed E-state index contributed by atoms with van der Waals surface area (Å²) in [7, 11) is 0. The zero-order valence-electron chi connectivity index (χ0n) is 6.42. The Morgan fingerprint density at radius 3 is 2.15 bits per heavy atom. The number of hydrogen-bond acceptors (Lipinski definition) is 3. The van der Waals surface area contributed by atoms with Crippen molar-refractivity contribution in [1.29, 1.82) is 0 Å². The molecule has 0 aromatic carbocycles. The molecule has 3 nitrogen and oxygen atoms in total. The summed E-state index contributed by atoms with van der Waals surface area (Å²) in [6.45, 7) is -1.53. The molecule has 0 aliphatic carbocycles. The average molecular weight is 224 g/mol. The minimum atomic E-state index is -2.76. The fourth-order valence-electron chi connectivity index (χ4n) is 0.346. The number of hydrogen-bond donors (Lipinski definition) is 0. The standard InChI is InChI=1S/C5H8F4O3S/c6-4(7)1-2-11-13(10)12-3-5(8)9/h4-5H,1-3H2. The largest absolute Gasteiger partial charge is 0.304 e. The van der Waals surface area contributed by atoms with E-state index >= 15 is 0 Å². The first-order valence-electron chi connectivity index (χ1n) is 3.27. The van der Waals surface area contributed by atoms with E-state index in [1.807, 2.05) is 0 Å². The first-order chi connectivity index (χ1) is 6.02. The van der Waals surface area contributed by atoms with Crippen LogP contribution < -0.4 is 0 Å². The van der Waals surface area contributed by atoms with E-state index in [1.165, 1.54) is 0 Å². The molecular formula is C5H8F4O3S.